The summed E-state index contributed by atoms with van der Waals surface area (Å²) in [4.78, 5) is 4.20. The van der Waals surface area contributed by atoms with Gasteiger partial charge in [0.2, 0.25) is 20.0 Å². The topological polar surface area (TPSA) is 96.4 Å². The highest BCUT2D eigenvalue weighted by Gasteiger charge is 2.33. The summed E-state index contributed by atoms with van der Waals surface area (Å²) in [5, 5.41) is 0. The normalized spacial score (nSPS) is 18.8. The first-order valence-electron chi connectivity index (χ1n) is 9.29. The van der Waals surface area contributed by atoms with Crippen molar-refractivity contribution in [3.63, 3.8) is 0 Å². The molecule has 1 aliphatic rings. The summed E-state index contributed by atoms with van der Waals surface area (Å²) in [7, 11) is -7.25. The first-order valence-corrected chi connectivity index (χ1v) is 12.2. The predicted octanol–water partition coefficient (Wildman–Crippen LogP) is 2.30. The molecule has 9 heteroatoms. The molecule has 2 aromatic rings. The lowest BCUT2D eigenvalue weighted by Gasteiger charge is -2.34. The average molecular weight is 424 g/mol. The standard InChI is InChI=1S/C19H25N3O4S2/c1-16-7-9-18(10-8-16)28(25,26)22-14-3-2-5-17(22)11-13-21-27(23,24)19-6-4-12-20-15-19/h4,6-10,12,15,17,21H,2-3,5,11,13-14H2,1H3/t17-/m0/s1. The van der Waals surface area contributed by atoms with Crippen LogP contribution in [0.3, 0.4) is 0 Å². The van der Waals surface area contributed by atoms with Crippen molar-refractivity contribution in [1.82, 2.24) is 14.0 Å². The van der Waals surface area contributed by atoms with Gasteiger partial charge in [-0.25, -0.2) is 21.6 Å². The largest absolute Gasteiger partial charge is 0.263 e. The summed E-state index contributed by atoms with van der Waals surface area (Å²) in [5.74, 6) is 0. The van der Waals surface area contributed by atoms with Gasteiger partial charge in [0.15, 0.2) is 0 Å². The predicted molar refractivity (Wildman–Crippen MR) is 107 cm³/mol. The van der Waals surface area contributed by atoms with E-state index in [1.165, 1.54) is 22.8 Å². The van der Waals surface area contributed by atoms with Crippen molar-refractivity contribution in [2.45, 2.75) is 48.4 Å². The third kappa shape index (κ3) is 4.78. The SMILES string of the molecule is Cc1ccc(S(=O)(=O)N2CCCC[C@H]2CCNS(=O)(=O)c2cccnc2)cc1. The minimum Gasteiger partial charge on any atom is -0.263 e. The number of nitrogens with zero attached hydrogens (tertiary/aromatic N) is 2. The van der Waals surface area contributed by atoms with Crippen molar-refractivity contribution in [2.75, 3.05) is 13.1 Å². The van der Waals surface area contributed by atoms with E-state index in [2.05, 4.69) is 9.71 Å². The van der Waals surface area contributed by atoms with Crippen LogP contribution in [0.1, 0.15) is 31.2 Å². The molecule has 1 aliphatic heterocycles. The van der Waals surface area contributed by atoms with Crippen LogP contribution < -0.4 is 4.72 Å². The van der Waals surface area contributed by atoms with E-state index in [9.17, 15) is 16.8 Å². The highest BCUT2D eigenvalue weighted by atomic mass is 32.2. The monoisotopic (exact) mass is 423 g/mol. The molecule has 1 N–H and O–H groups in total. The zero-order chi connectivity index (χ0) is 20.2. The van der Waals surface area contributed by atoms with E-state index in [1.54, 1.807) is 30.3 Å². The van der Waals surface area contributed by atoms with Gasteiger partial charge in [0.25, 0.3) is 0 Å². The van der Waals surface area contributed by atoms with Crippen molar-refractivity contribution < 1.29 is 16.8 Å². The Bertz CT molecular complexity index is 991. The minimum absolute atomic E-state index is 0.0998. The number of hydrogen-bond donors (Lipinski definition) is 1. The molecule has 1 atom stereocenters. The van der Waals surface area contributed by atoms with Crippen LogP contribution in [0.15, 0.2) is 58.6 Å². The van der Waals surface area contributed by atoms with Gasteiger partial charge in [-0.2, -0.15) is 4.31 Å². The number of pyridine rings is 1. The number of piperidine rings is 1. The lowest BCUT2D eigenvalue weighted by molar-refractivity contribution is 0.242. The smallest absolute Gasteiger partial charge is 0.243 e. The molecule has 0 bridgehead atoms. The Morgan fingerprint density at radius 1 is 1.07 bits per heavy atom. The number of aryl methyl sites for hydroxylation is 1. The molecule has 0 aliphatic carbocycles. The number of nitrogens with one attached hydrogen (secondary N) is 1. The van der Waals surface area contributed by atoms with Crippen molar-refractivity contribution in [2.24, 2.45) is 0 Å². The molecule has 1 saturated heterocycles. The van der Waals surface area contributed by atoms with Crippen molar-refractivity contribution in [3.05, 3.63) is 54.4 Å². The molecule has 7 nitrogen and oxygen atoms in total. The third-order valence-electron chi connectivity index (χ3n) is 4.92. The van der Waals surface area contributed by atoms with Crippen LogP contribution in [0.2, 0.25) is 0 Å². The highest BCUT2D eigenvalue weighted by molar-refractivity contribution is 7.89. The van der Waals surface area contributed by atoms with Gasteiger partial charge in [0.05, 0.1) is 4.90 Å². The van der Waals surface area contributed by atoms with Gasteiger partial charge < -0.3 is 0 Å². The summed E-state index contributed by atoms with van der Waals surface area (Å²) >= 11 is 0. The molecule has 28 heavy (non-hydrogen) atoms. The Kier molecular flexibility index (Phi) is 6.49. The molecule has 1 fully saturated rings. The molecule has 0 radical (unpaired) electrons. The Morgan fingerprint density at radius 2 is 1.82 bits per heavy atom. The quantitative estimate of drug-likeness (QED) is 0.737. The first kappa shape index (κ1) is 20.9. The Balaban J connectivity index is 1.69. The molecule has 0 spiro atoms. The van der Waals surface area contributed by atoms with Gasteiger partial charge in [-0.05, 0) is 50.5 Å². The molecule has 0 saturated carbocycles. The summed E-state index contributed by atoms with van der Waals surface area (Å²) in [6.07, 6.45) is 5.68. The van der Waals surface area contributed by atoms with Crippen LogP contribution in [0.4, 0.5) is 0 Å². The van der Waals surface area contributed by atoms with E-state index in [0.717, 1.165) is 24.8 Å². The Labute approximate surface area is 166 Å². The molecule has 1 aromatic heterocycles. The number of benzene rings is 1. The first-order chi connectivity index (χ1) is 13.3. The number of rotatable bonds is 7. The van der Waals surface area contributed by atoms with Gasteiger partial charge in [0.1, 0.15) is 4.90 Å². The maximum absolute atomic E-state index is 13.1. The van der Waals surface area contributed by atoms with Gasteiger partial charge in [-0.1, -0.05) is 24.1 Å². The summed E-state index contributed by atoms with van der Waals surface area (Å²) in [6, 6.07) is 9.64. The molecular weight excluding hydrogens is 398 g/mol. The van der Waals surface area contributed by atoms with Crippen LogP contribution in [-0.4, -0.2) is 45.3 Å². The zero-order valence-electron chi connectivity index (χ0n) is 15.8. The van der Waals surface area contributed by atoms with E-state index in [1.807, 2.05) is 6.92 Å². The number of hydrogen-bond acceptors (Lipinski definition) is 5. The zero-order valence-corrected chi connectivity index (χ0v) is 17.4. The van der Waals surface area contributed by atoms with E-state index in [0.29, 0.717) is 13.0 Å². The van der Waals surface area contributed by atoms with Crippen LogP contribution in [0.25, 0.3) is 0 Å². The molecule has 3 rings (SSSR count). The molecule has 0 unspecified atom stereocenters. The summed E-state index contributed by atoms with van der Waals surface area (Å²) < 4.78 is 54.9. The van der Waals surface area contributed by atoms with Crippen molar-refractivity contribution in [3.8, 4) is 0 Å². The van der Waals surface area contributed by atoms with Gasteiger partial charge >= 0.3 is 0 Å². The number of aromatic nitrogens is 1. The third-order valence-corrected chi connectivity index (χ3v) is 8.33. The maximum Gasteiger partial charge on any atom is 0.243 e. The molecule has 1 aromatic carbocycles. The van der Waals surface area contributed by atoms with Crippen LogP contribution >= 0.6 is 0 Å². The van der Waals surface area contributed by atoms with E-state index in [4.69, 9.17) is 0 Å². The minimum atomic E-state index is -3.65. The summed E-state index contributed by atoms with van der Waals surface area (Å²) in [5.41, 5.74) is 0.999. The maximum atomic E-state index is 13.1. The lowest BCUT2D eigenvalue weighted by Crippen LogP contribution is -2.45. The van der Waals surface area contributed by atoms with E-state index < -0.39 is 20.0 Å². The number of sulfonamides is 2. The molecule has 152 valence electrons. The second-order valence-corrected chi connectivity index (χ2v) is 10.6. The summed E-state index contributed by atoms with van der Waals surface area (Å²) in [6.45, 7) is 2.53. The van der Waals surface area contributed by atoms with E-state index in [-0.39, 0.29) is 22.4 Å². The fourth-order valence-electron chi connectivity index (χ4n) is 3.37. The van der Waals surface area contributed by atoms with Gasteiger partial charge in [-0.3, -0.25) is 4.98 Å². The molecule has 2 heterocycles. The average Bonchev–Trinajstić information content (AvgIpc) is 2.69. The van der Waals surface area contributed by atoms with Crippen LogP contribution in [-0.2, 0) is 20.0 Å². The van der Waals surface area contributed by atoms with E-state index >= 15 is 0 Å². The molecular formula is C19H25N3O4S2. The second-order valence-electron chi connectivity index (χ2n) is 6.95. The Morgan fingerprint density at radius 3 is 2.50 bits per heavy atom. The fraction of sp³-hybridized carbons (Fsp3) is 0.421. The highest BCUT2D eigenvalue weighted by Crippen LogP contribution is 2.27. The van der Waals surface area contributed by atoms with Crippen LogP contribution in [0.5, 0.6) is 0 Å². The van der Waals surface area contributed by atoms with Gasteiger partial charge in [-0.15, -0.1) is 0 Å². The molecule has 0 amide bonds. The van der Waals surface area contributed by atoms with Crippen molar-refractivity contribution >= 4 is 20.0 Å². The Hall–Kier alpha value is -1.81. The fourth-order valence-corrected chi connectivity index (χ4v) is 6.11. The van der Waals surface area contributed by atoms with Gasteiger partial charge in [0, 0.05) is 31.5 Å². The van der Waals surface area contributed by atoms with Crippen molar-refractivity contribution in [1.29, 1.82) is 0 Å². The second kappa shape index (κ2) is 8.69. The van der Waals surface area contributed by atoms with Crippen LogP contribution in [0, 0.1) is 6.92 Å². The lowest BCUT2D eigenvalue weighted by atomic mass is 10.0.